The average molecular weight is 202 g/mol. The molecule has 1 aromatic rings. The van der Waals surface area contributed by atoms with Crippen LogP contribution >= 0.6 is 0 Å². The number of carboxylic acid groups (broad SMARTS) is 1. The van der Waals surface area contributed by atoms with Gasteiger partial charge in [-0.2, -0.15) is 0 Å². The van der Waals surface area contributed by atoms with Crippen molar-refractivity contribution in [3.63, 3.8) is 0 Å². The Morgan fingerprint density at radius 1 is 1.40 bits per heavy atom. The molecule has 0 fully saturated rings. The van der Waals surface area contributed by atoms with E-state index in [9.17, 15) is 4.79 Å². The number of allylic oxidation sites excluding steroid dienone is 1. The number of carbonyl (C=O) groups is 1. The molecule has 1 N–H and O–H groups in total. The highest BCUT2D eigenvalue weighted by molar-refractivity contribution is 5.85. The Bertz CT molecular complexity index is 365. The number of benzene rings is 1. The van der Waals surface area contributed by atoms with Crippen molar-refractivity contribution in [2.45, 2.75) is 12.3 Å². The van der Waals surface area contributed by atoms with Crippen LogP contribution < -0.4 is 0 Å². The second-order valence-electron chi connectivity index (χ2n) is 3.37. The number of hydrogen-bond donors (Lipinski definition) is 1. The Labute approximate surface area is 89.6 Å². The third kappa shape index (κ3) is 3.09. The highest BCUT2D eigenvalue weighted by atomic mass is 16.4. The lowest BCUT2D eigenvalue weighted by molar-refractivity contribution is -0.132. The summed E-state index contributed by atoms with van der Waals surface area (Å²) in [6, 6.07) is 9.70. The highest BCUT2D eigenvalue weighted by Gasteiger charge is 2.12. The number of aliphatic carboxylic acids is 1. The van der Waals surface area contributed by atoms with E-state index in [0.29, 0.717) is 6.42 Å². The van der Waals surface area contributed by atoms with Gasteiger partial charge < -0.3 is 5.11 Å². The fraction of sp³-hybridized carbons (Fsp3) is 0.154. The molecule has 0 saturated heterocycles. The molecular weight excluding hydrogens is 188 g/mol. The van der Waals surface area contributed by atoms with Crippen molar-refractivity contribution in [2.75, 3.05) is 0 Å². The van der Waals surface area contributed by atoms with Crippen LogP contribution in [-0.2, 0) is 4.79 Å². The van der Waals surface area contributed by atoms with Crippen LogP contribution in [0.15, 0.2) is 55.1 Å². The minimum absolute atomic E-state index is 0.0230. The maximum Gasteiger partial charge on any atom is 0.330 e. The van der Waals surface area contributed by atoms with E-state index in [2.05, 4.69) is 13.2 Å². The van der Waals surface area contributed by atoms with E-state index < -0.39 is 5.97 Å². The molecule has 0 saturated carbocycles. The van der Waals surface area contributed by atoms with Crippen molar-refractivity contribution in [1.29, 1.82) is 0 Å². The van der Waals surface area contributed by atoms with Gasteiger partial charge in [0, 0.05) is 11.5 Å². The lowest BCUT2D eigenvalue weighted by Gasteiger charge is -2.12. The van der Waals surface area contributed by atoms with Crippen molar-refractivity contribution >= 4 is 5.97 Å². The quantitative estimate of drug-likeness (QED) is 0.588. The van der Waals surface area contributed by atoms with Gasteiger partial charge in [-0.25, -0.2) is 4.79 Å². The van der Waals surface area contributed by atoms with Gasteiger partial charge in [-0.1, -0.05) is 43.0 Å². The minimum atomic E-state index is -0.946. The van der Waals surface area contributed by atoms with Crippen LogP contribution in [0.1, 0.15) is 17.9 Å². The highest BCUT2D eigenvalue weighted by Crippen LogP contribution is 2.23. The van der Waals surface area contributed by atoms with Gasteiger partial charge in [0.05, 0.1) is 0 Å². The standard InChI is InChI=1S/C13H14O2/c1-3-11(9-10(2)13(14)15)12-7-5-4-6-8-12/h3-8,11H,1-2,9H2,(H,14,15). The molecule has 2 nitrogen and oxygen atoms in total. The van der Waals surface area contributed by atoms with Crippen molar-refractivity contribution < 1.29 is 9.90 Å². The first-order valence-electron chi connectivity index (χ1n) is 4.73. The Hall–Kier alpha value is -1.83. The summed E-state index contributed by atoms with van der Waals surface area (Å²) in [5.74, 6) is -0.924. The fourth-order valence-electron chi connectivity index (χ4n) is 1.39. The zero-order chi connectivity index (χ0) is 11.3. The molecule has 0 aliphatic rings. The molecule has 0 radical (unpaired) electrons. The molecule has 0 spiro atoms. The summed E-state index contributed by atoms with van der Waals surface area (Å²) in [5.41, 5.74) is 1.28. The molecule has 1 unspecified atom stereocenters. The number of hydrogen-bond acceptors (Lipinski definition) is 1. The Balaban J connectivity index is 2.78. The summed E-state index contributed by atoms with van der Waals surface area (Å²) in [4.78, 5) is 10.6. The topological polar surface area (TPSA) is 37.3 Å². The maximum absolute atomic E-state index is 10.6. The third-order valence-corrected chi connectivity index (χ3v) is 2.28. The Kier molecular flexibility index (Phi) is 3.86. The van der Waals surface area contributed by atoms with Crippen LogP contribution in [0.5, 0.6) is 0 Å². The van der Waals surface area contributed by atoms with E-state index >= 15 is 0 Å². The summed E-state index contributed by atoms with van der Waals surface area (Å²) >= 11 is 0. The zero-order valence-corrected chi connectivity index (χ0v) is 8.52. The second kappa shape index (κ2) is 5.15. The molecule has 0 heterocycles. The molecule has 0 bridgehead atoms. The summed E-state index contributed by atoms with van der Waals surface area (Å²) in [6.45, 7) is 7.24. The van der Waals surface area contributed by atoms with E-state index in [1.54, 1.807) is 6.08 Å². The van der Waals surface area contributed by atoms with Crippen LogP contribution in [0.3, 0.4) is 0 Å². The van der Waals surface area contributed by atoms with E-state index in [1.165, 1.54) is 0 Å². The van der Waals surface area contributed by atoms with Gasteiger partial charge in [-0.05, 0) is 12.0 Å². The first-order chi connectivity index (χ1) is 7.15. The van der Waals surface area contributed by atoms with Crippen LogP contribution in [0.4, 0.5) is 0 Å². The molecule has 1 aromatic carbocycles. The Morgan fingerprint density at radius 3 is 2.47 bits per heavy atom. The van der Waals surface area contributed by atoms with E-state index in [-0.39, 0.29) is 11.5 Å². The molecule has 1 rings (SSSR count). The van der Waals surface area contributed by atoms with Crippen LogP contribution in [0, 0.1) is 0 Å². The predicted molar refractivity (Wildman–Crippen MR) is 60.8 cm³/mol. The average Bonchev–Trinajstić information content (AvgIpc) is 2.26. The van der Waals surface area contributed by atoms with Crippen molar-refractivity contribution in [2.24, 2.45) is 0 Å². The summed E-state index contributed by atoms with van der Waals surface area (Å²) in [7, 11) is 0. The molecule has 15 heavy (non-hydrogen) atoms. The van der Waals surface area contributed by atoms with Crippen molar-refractivity contribution in [1.82, 2.24) is 0 Å². The molecule has 78 valence electrons. The van der Waals surface area contributed by atoms with Gasteiger partial charge in [0.15, 0.2) is 0 Å². The SMILES string of the molecule is C=CC(CC(=C)C(=O)O)c1ccccc1. The first kappa shape index (κ1) is 11.2. The summed E-state index contributed by atoms with van der Waals surface area (Å²) < 4.78 is 0. The van der Waals surface area contributed by atoms with Gasteiger partial charge in [-0.3, -0.25) is 0 Å². The van der Waals surface area contributed by atoms with Crippen LogP contribution in [-0.4, -0.2) is 11.1 Å². The predicted octanol–water partition coefficient (Wildman–Crippen LogP) is 2.99. The number of carboxylic acids is 1. The van der Waals surface area contributed by atoms with Gasteiger partial charge >= 0.3 is 5.97 Å². The summed E-state index contributed by atoms with van der Waals surface area (Å²) in [6.07, 6.45) is 2.16. The molecule has 1 atom stereocenters. The third-order valence-electron chi connectivity index (χ3n) is 2.28. The zero-order valence-electron chi connectivity index (χ0n) is 8.52. The largest absolute Gasteiger partial charge is 0.478 e. The smallest absolute Gasteiger partial charge is 0.330 e. The van der Waals surface area contributed by atoms with Gasteiger partial charge in [0.2, 0.25) is 0 Å². The monoisotopic (exact) mass is 202 g/mol. The van der Waals surface area contributed by atoms with Crippen LogP contribution in [0.25, 0.3) is 0 Å². The molecule has 0 amide bonds. The van der Waals surface area contributed by atoms with E-state index in [1.807, 2.05) is 30.3 Å². The lowest BCUT2D eigenvalue weighted by atomic mass is 9.92. The second-order valence-corrected chi connectivity index (χ2v) is 3.37. The first-order valence-corrected chi connectivity index (χ1v) is 4.73. The molecule has 0 aliphatic carbocycles. The maximum atomic E-state index is 10.6. The van der Waals surface area contributed by atoms with Gasteiger partial charge in [0.1, 0.15) is 0 Å². The van der Waals surface area contributed by atoms with Gasteiger partial charge in [0.25, 0.3) is 0 Å². The van der Waals surface area contributed by atoms with Crippen molar-refractivity contribution in [3.05, 3.63) is 60.7 Å². The normalized spacial score (nSPS) is 11.7. The van der Waals surface area contributed by atoms with Gasteiger partial charge in [-0.15, -0.1) is 6.58 Å². The molecule has 2 heteroatoms. The minimum Gasteiger partial charge on any atom is -0.478 e. The van der Waals surface area contributed by atoms with Crippen molar-refractivity contribution in [3.8, 4) is 0 Å². The van der Waals surface area contributed by atoms with Crippen LogP contribution in [0.2, 0.25) is 0 Å². The Morgan fingerprint density at radius 2 is 2.00 bits per heavy atom. The fourth-order valence-corrected chi connectivity index (χ4v) is 1.39. The molecular formula is C13H14O2. The molecule has 0 aliphatic heterocycles. The van der Waals surface area contributed by atoms with E-state index in [4.69, 9.17) is 5.11 Å². The lowest BCUT2D eigenvalue weighted by Crippen LogP contribution is -2.04. The summed E-state index contributed by atoms with van der Waals surface area (Å²) in [5, 5.41) is 8.74. The molecule has 0 aromatic heterocycles. The number of rotatable bonds is 5. The van der Waals surface area contributed by atoms with E-state index in [0.717, 1.165) is 5.56 Å².